The molecular formula is C17H22IN5. The zero-order chi connectivity index (χ0) is 15.6. The van der Waals surface area contributed by atoms with E-state index in [4.69, 9.17) is 6.42 Å². The first-order chi connectivity index (χ1) is 10.8. The number of nitrogens with zero attached hydrogens (tertiary/aromatic N) is 3. The second-order valence-electron chi connectivity index (χ2n) is 4.73. The quantitative estimate of drug-likeness (QED) is 0.324. The molecule has 23 heavy (non-hydrogen) atoms. The van der Waals surface area contributed by atoms with Crippen LogP contribution in [0.1, 0.15) is 18.1 Å². The Hall–Kier alpha value is -2.01. The van der Waals surface area contributed by atoms with Crippen molar-refractivity contribution in [2.24, 2.45) is 4.99 Å². The largest absolute Gasteiger partial charge is 0.357 e. The molecule has 0 aliphatic carbocycles. The Balaban J connectivity index is 0.00000264. The fourth-order valence-electron chi connectivity index (χ4n) is 2.08. The molecule has 0 radical (unpaired) electrons. The molecule has 0 spiro atoms. The number of guanidine groups is 1. The van der Waals surface area contributed by atoms with Crippen molar-refractivity contribution >= 4 is 29.9 Å². The third kappa shape index (κ3) is 6.32. The molecule has 6 heteroatoms. The van der Waals surface area contributed by atoms with Gasteiger partial charge in [-0.2, -0.15) is 5.10 Å². The summed E-state index contributed by atoms with van der Waals surface area (Å²) in [4.78, 5) is 4.58. The SMILES string of the molecule is C#CCNC(=NCc1ccccc1Cn1cccn1)NCC.I. The molecule has 2 rings (SSSR count). The van der Waals surface area contributed by atoms with Gasteiger partial charge >= 0.3 is 0 Å². The molecule has 0 saturated heterocycles. The average Bonchev–Trinajstić information content (AvgIpc) is 3.04. The topological polar surface area (TPSA) is 54.2 Å². The van der Waals surface area contributed by atoms with Crippen molar-refractivity contribution in [3.05, 3.63) is 53.9 Å². The van der Waals surface area contributed by atoms with E-state index in [2.05, 4.69) is 38.8 Å². The maximum Gasteiger partial charge on any atom is 0.192 e. The molecule has 1 aromatic carbocycles. The maximum absolute atomic E-state index is 5.28. The summed E-state index contributed by atoms with van der Waals surface area (Å²) in [7, 11) is 0. The fraction of sp³-hybridized carbons (Fsp3) is 0.294. The summed E-state index contributed by atoms with van der Waals surface area (Å²) in [5.41, 5.74) is 2.39. The minimum Gasteiger partial charge on any atom is -0.357 e. The molecule has 2 N–H and O–H groups in total. The van der Waals surface area contributed by atoms with Crippen LogP contribution in [-0.4, -0.2) is 28.8 Å². The van der Waals surface area contributed by atoms with Gasteiger partial charge in [-0.3, -0.25) is 4.68 Å². The second kappa shape index (κ2) is 10.7. The highest BCUT2D eigenvalue weighted by Crippen LogP contribution is 2.11. The van der Waals surface area contributed by atoms with Gasteiger partial charge in [0.15, 0.2) is 5.96 Å². The first-order valence-corrected chi connectivity index (χ1v) is 7.33. The van der Waals surface area contributed by atoms with E-state index in [1.165, 1.54) is 11.1 Å². The first-order valence-electron chi connectivity index (χ1n) is 7.33. The minimum atomic E-state index is 0. The molecule has 0 bridgehead atoms. The van der Waals surface area contributed by atoms with Gasteiger partial charge in [0.2, 0.25) is 0 Å². The summed E-state index contributed by atoms with van der Waals surface area (Å²) < 4.78 is 1.91. The highest BCUT2D eigenvalue weighted by molar-refractivity contribution is 14.0. The van der Waals surface area contributed by atoms with Crippen molar-refractivity contribution in [1.29, 1.82) is 0 Å². The van der Waals surface area contributed by atoms with Crippen molar-refractivity contribution in [2.75, 3.05) is 13.1 Å². The Kier molecular flexibility index (Phi) is 8.83. The summed E-state index contributed by atoms with van der Waals surface area (Å²) in [5.74, 6) is 3.28. The van der Waals surface area contributed by atoms with Crippen LogP contribution in [-0.2, 0) is 13.1 Å². The molecule has 1 aromatic heterocycles. The molecule has 0 aliphatic heterocycles. The molecular weight excluding hydrogens is 401 g/mol. The van der Waals surface area contributed by atoms with E-state index >= 15 is 0 Å². The molecule has 0 atom stereocenters. The van der Waals surface area contributed by atoms with Crippen molar-refractivity contribution < 1.29 is 0 Å². The van der Waals surface area contributed by atoms with Crippen LogP contribution in [0.2, 0.25) is 0 Å². The number of benzene rings is 1. The van der Waals surface area contributed by atoms with E-state index in [0.29, 0.717) is 13.1 Å². The molecule has 122 valence electrons. The van der Waals surface area contributed by atoms with Gasteiger partial charge < -0.3 is 10.6 Å². The monoisotopic (exact) mass is 423 g/mol. The van der Waals surface area contributed by atoms with Crippen molar-refractivity contribution in [3.8, 4) is 12.3 Å². The van der Waals surface area contributed by atoms with Crippen LogP contribution in [0.15, 0.2) is 47.7 Å². The minimum absolute atomic E-state index is 0. The zero-order valence-corrected chi connectivity index (χ0v) is 15.5. The lowest BCUT2D eigenvalue weighted by molar-refractivity contribution is 0.681. The number of hydrogen-bond donors (Lipinski definition) is 2. The highest BCUT2D eigenvalue weighted by Gasteiger charge is 2.03. The predicted octanol–water partition coefficient (Wildman–Crippen LogP) is 2.24. The molecule has 0 saturated carbocycles. The van der Waals surface area contributed by atoms with Crippen LogP contribution in [0.3, 0.4) is 0 Å². The first kappa shape index (κ1) is 19.0. The number of rotatable bonds is 6. The normalized spacial score (nSPS) is 10.5. The molecule has 2 aromatic rings. The fourth-order valence-corrected chi connectivity index (χ4v) is 2.08. The van der Waals surface area contributed by atoms with Crippen LogP contribution in [0.25, 0.3) is 0 Å². The molecule has 5 nitrogen and oxygen atoms in total. The van der Waals surface area contributed by atoms with Gasteiger partial charge in [0.05, 0.1) is 19.6 Å². The third-order valence-electron chi connectivity index (χ3n) is 3.12. The predicted molar refractivity (Wildman–Crippen MR) is 105 cm³/mol. The van der Waals surface area contributed by atoms with Crippen LogP contribution in [0.4, 0.5) is 0 Å². The van der Waals surface area contributed by atoms with E-state index in [9.17, 15) is 0 Å². The summed E-state index contributed by atoms with van der Waals surface area (Å²) in [5, 5.41) is 10.5. The van der Waals surface area contributed by atoms with Gasteiger partial charge in [-0.05, 0) is 24.1 Å². The van der Waals surface area contributed by atoms with Crippen molar-refractivity contribution in [1.82, 2.24) is 20.4 Å². The Bertz CT molecular complexity index is 643. The smallest absolute Gasteiger partial charge is 0.192 e. The van der Waals surface area contributed by atoms with Gasteiger partial charge in [-0.25, -0.2) is 4.99 Å². The second-order valence-corrected chi connectivity index (χ2v) is 4.73. The van der Waals surface area contributed by atoms with Crippen molar-refractivity contribution in [2.45, 2.75) is 20.0 Å². The third-order valence-corrected chi connectivity index (χ3v) is 3.12. The maximum atomic E-state index is 5.28. The Morgan fingerprint density at radius 2 is 2.04 bits per heavy atom. The van der Waals surface area contributed by atoms with E-state index < -0.39 is 0 Å². The van der Waals surface area contributed by atoms with E-state index in [0.717, 1.165) is 19.0 Å². The molecule has 1 heterocycles. The van der Waals surface area contributed by atoms with Gasteiger partial charge in [0.1, 0.15) is 0 Å². The van der Waals surface area contributed by atoms with Gasteiger partial charge in [-0.15, -0.1) is 30.4 Å². The Morgan fingerprint density at radius 3 is 2.70 bits per heavy atom. The lowest BCUT2D eigenvalue weighted by Crippen LogP contribution is -2.37. The lowest BCUT2D eigenvalue weighted by Gasteiger charge is -2.11. The Morgan fingerprint density at radius 1 is 1.26 bits per heavy atom. The number of aromatic nitrogens is 2. The average molecular weight is 423 g/mol. The van der Waals surface area contributed by atoms with Crippen LogP contribution < -0.4 is 10.6 Å². The van der Waals surface area contributed by atoms with Gasteiger partial charge in [-0.1, -0.05) is 30.2 Å². The molecule has 0 amide bonds. The zero-order valence-electron chi connectivity index (χ0n) is 13.2. The summed E-state index contributed by atoms with van der Waals surface area (Å²) >= 11 is 0. The number of aliphatic imine (C=N–C) groups is 1. The number of nitrogens with one attached hydrogen (secondary N) is 2. The van der Waals surface area contributed by atoms with Crippen LogP contribution in [0, 0.1) is 12.3 Å². The molecule has 0 fully saturated rings. The summed E-state index contributed by atoms with van der Waals surface area (Å²) in [6.45, 7) is 4.62. The summed E-state index contributed by atoms with van der Waals surface area (Å²) in [6.07, 6.45) is 9.02. The highest BCUT2D eigenvalue weighted by atomic mass is 127. The van der Waals surface area contributed by atoms with Gasteiger partial charge in [0.25, 0.3) is 0 Å². The lowest BCUT2D eigenvalue weighted by atomic mass is 10.1. The Labute approximate surface area is 154 Å². The molecule has 0 aliphatic rings. The van der Waals surface area contributed by atoms with Gasteiger partial charge in [0, 0.05) is 18.9 Å². The van der Waals surface area contributed by atoms with Crippen molar-refractivity contribution in [3.63, 3.8) is 0 Å². The summed E-state index contributed by atoms with van der Waals surface area (Å²) in [6, 6.07) is 10.2. The van der Waals surface area contributed by atoms with E-state index in [-0.39, 0.29) is 24.0 Å². The number of halogens is 1. The van der Waals surface area contributed by atoms with E-state index in [1.54, 1.807) is 6.20 Å². The van der Waals surface area contributed by atoms with Crippen LogP contribution >= 0.6 is 24.0 Å². The van der Waals surface area contributed by atoms with Crippen LogP contribution in [0.5, 0.6) is 0 Å². The number of hydrogen-bond acceptors (Lipinski definition) is 2. The molecule has 0 unspecified atom stereocenters. The number of terminal acetylenes is 1. The van der Waals surface area contributed by atoms with E-state index in [1.807, 2.05) is 36.0 Å². The standard InChI is InChI=1S/C17H21N5.HI/c1-3-10-19-17(18-4-2)20-13-15-8-5-6-9-16(15)14-22-12-7-11-21-22;/h1,5-9,11-12H,4,10,13-14H2,2H3,(H2,18,19,20);1H.